The van der Waals surface area contributed by atoms with Gasteiger partial charge in [0.1, 0.15) is 11.3 Å². The standard InChI is InChI=1S/C19H16ClN5O3/c1-11-22-18(24-28-11)13-3-4-14(20)15(8-13)23-19(26)16-9-21-17-7-12(10-27-2)5-6-25(16)17/h3-9H,10H2,1-2H3,(H,23,26). The lowest BCUT2D eigenvalue weighted by atomic mass is 10.2. The fraction of sp³-hybridized carbons (Fsp3) is 0.158. The summed E-state index contributed by atoms with van der Waals surface area (Å²) in [6, 6.07) is 8.87. The van der Waals surface area contributed by atoms with Gasteiger partial charge in [0, 0.05) is 25.8 Å². The van der Waals surface area contributed by atoms with Crippen molar-refractivity contribution in [1.29, 1.82) is 0 Å². The number of carbonyl (C=O) groups excluding carboxylic acids is 1. The van der Waals surface area contributed by atoms with E-state index in [1.165, 1.54) is 6.20 Å². The number of amides is 1. The summed E-state index contributed by atoms with van der Waals surface area (Å²) in [6.07, 6.45) is 3.30. The van der Waals surface area contributed by atoms with Crippen molar-refractivity contribution in [2.45, 2.75) is 13.5 Å². The van der Waals surface area contributed by atoms with Crippen LogP contribution in [-0.2, 0) is 11.3 Å². The first-order chi connectivity index (χ1) is 13.5. The number of rotatable bonds is 5. The van der Waals surface area contributed by atoms with Crippen molar-refractivity contribution in [3.8, 4) is 11.4 Å². The minimum absolute atomic E-state index is 0.338. The SMILES string of the molecule is COCc1ccn2c(C(=O)Nc3cc(-c4noc(C)n4)ccc3Cl)cnc2c1. The minimum Gasteiger partial charge on any atom is -0.380 e. The van der Waals surface area contributed by atoms with Crippen molar-refractivity contribution in [1.82, 2.24) is 19.5 Å². The number of anilines is 1. The predicted octanol–water partition coefficient (Wildman–Crippen LogP) is 3.74. The van der Waals surface area contributed by atoms with Gasteiger partial charge in [-0.2, -0.15) is 4.98 Å². The van der Waals surface area contributed by atoms with Crippen LogP contribution in [0.15, 0.2) is 47.2 Å². The molecule has 0 aliphatic rings. The van der Waals surface area contributed by atoms with E-state index >= 15 is 0 Å². The molecule has 0 bridgehead atoms. The number of imidazole rings is 1. The molecule has 1 N–H and O–H groups in total. The van der Waals surface area contributed by atoms with E-state index in [4.69, 9.17) is 20.9 Å². The molecule has 9 heteroatoms. The summed E-state index contributed by atoms with van der Waals surface area (Å²) in [5.41, 5.74) is 3.13. The van der Waals surface area contributed by atoms with E-state index < -0.39 is 0 Å². The van der Waals surface area contributed by atoms with Gasteiger partial charge in [-0.15, -0.1) is 0 Å². The minimum atomic E-state index is -0.338. The van der Waals surface area contributed by atoms with E-state index in [0.717, 1.165) is 5.56 Å². The summed E-state index contributed by atoms with van der Waals surface area (Å²) in [6.45, 7) is 2.18. The number of methoxy groups -OCH3 is 1. The number of hydrogen-bond donors (Lipinski definition) is 1. The summed E-state index contributed by atoms with van der Waals surface area (Å²) in [5.74, 6) is 0.537. The van der Waals surface area contributed by atoms with E-state index in [2.05, 4.69) is 20.4 Å². The van der Waals surface area contributed by atoms with Crippen LogP contribution in [0.5, 0.6) is 0 Å². The first kappa shape index (κ1) is 18.1. The number of aryl methyl sites for hydroxylation is 1. The van der Waals surface area contributed by atoms with Crippen molar-refractivity contribution < 1.29 is 14.1 Å². The van der Waals surface area contributed by atoms with Crippen LogP contribution in [-0.4, -0.2) is 32.5 Å². The molecule has 4 aromatic rings. The average Bonchev–Trinajstić information content (AvgIpc) is 3.30. The van der Waals surface area contributed by atoms with Gasteiger partial charge >= 0.3 is 0 Å². The predicted molar refractivity (Wildman–Crippen MR) is 103 cm³/mol. The third kappa shape index (κ3) is 3.47. The molecule has 3 heterocycles. The molecule has 0 fully saturated rings. The molecule has 0 spiro atoms. The molecule has 3 aromatic heterocycles. The fourth-order valence-corrected chi connectivity index (χ4v) is 2.98. The Morgan fingerprint density at radius 1 is 1.32 bits per heavy atom. The second kappa shape index (κ2) is 7.41. The number of hydrogen-bond acceptors (Lipinski definition) is 6. The fourth-order valence-electron chi connectivity index (χ4n) is 2.81. The molecule has 0 atom stereocenters. The Morgan fingerprint density at radius 2 is 2.18 bits per heavy atom. The second-order valence-corrected chi connectivity index (χ2v) is 6.53. The molecule has 8 nitrogen and oxygen atoms in total. The Bertz CT molecular complexity index is 1170. The Labute approximate surface area is 165 Å². The molecule has 0 radical (unpaired) electrons. The zero-order chi connectivity index (χ0) is 19.7. The Morgan fingerprint density at radius 3 is 2.93 bits per heavy atom. The van der Waals surface area contributed by atoms with Crippen LogP contribution in [0.1, 0.15) is 21.9 Å². The molecule has 0 aliphatic heterocycles. The largest absolute Gasteiger partial charge is 0.380 e. The van der Waals surface area contributed by atoms with Gasteiger partial charge in [0.05, 0.1) is 23.5 Å². The molecule has 0 aliphatic carbocycles. The third-order valence-electron chi connectivity index (χ3n) is 4.12. The van der Waals surface area contributed by atoms with Crippen LogP contribution in [0.25, 0.3) is 17.0 Å². The van der Waals surface area contributed by atoms with Crippen LogP contribution in [0.3, 0.4) is 0 Å². The third-order valence-corrected chi connectivity index (χ3v) is 4.45. The first-order valence-electron chi connectivity index (χ1n) is 8.41. The van der Waals surface area contributed by atoms with Crippen molar-refractivity contribution in [2.75, 3.05) is 12.4 Å². The maximum atomic E-state index is 12.8. The highest BCUT2D eigenvalue weighted by atomic mass is 35.5. The molecule has 4 rings (SSSR count). The number of aromatic nitrogens is 4. The second-order valence-electron chi connectivity index (χ2n) is 6.13. The van der Waals surface area contributed by atoms with Gasteiger partial charge in [-0.05, 0) is 35.9 Å². The smallest absolute Gasteiger partial charge is 0.274 e. The normalized spacial score (nSPS) is 11.1. The maximum Gasteiger partial charge on any atom is 0.274 e. The van der Waals surface area contributed by atoms with Crippen LogP contribution in [0.4, 0.5) is 5.69 Å². The molecular weight excluding hydrogens is 382 g/mol. The zero-order valence-electron chi connectivity index (χ0n) is 15.1. The summed E-state index contributed by atoms with van der Waals surface area (Å²) >= 11 is 6.25. The lowest BCUT2D eigenvalue weighted by molar-refractivity contribution is 0.102. The first-order valence-corrected chi connectivity index (χ1v) is 8.79. The molecule has 28 heavy (non-hydrogen) atoms. The summed E-state index contributed by atoms with van der Waals surface area (Å²) in [7, 11) is 1.63. The molecule has 0 saturated heterocycles. The molecule has 1 aromatic carbocycles. The number of pyridine rings is 1. The molecule has 0 unspecified atom stereocenters. The zero-order valence-corrected chi connectivity index (χ0v) is 15.9. The topological polar surface area (TPSA) is 94.6 Å². The lowest BCUT2D eigenvalue weighted by Gasteiger charge is -2.09. The number of fused-ring (bicyclic) bond motifs is 1. The highest BCUT2D eigenvalue weighted by Crippen LogP contribution is 2.28. The summed E-state index contributed by atoms with van der Waals surface area (Å²) < 4.78 is 11.8. The van der Waals surface area contributed by atoms with E-state index in [9.17, 15) is 4.79 Å². The van der Waals surface area contributed by atoms with Crippen molar-refractivity contribution in [3.05, 3.63) is 64.9 Å². The Balaban J connectivity index is 1.62. The van der Waals surface area contributed by atoms with Crippen LogP contribution < -0.4 is 5.32 Å². The van der Waals surface area contributed by atoms with E-state index in [1.54, 1.807) is 42.8 Å². The average molecular weight is 398 g/mol. The maximum absolute atomic E-state index is 12.8. The highest BCUT2D eigenvalue weighted by Gasteiger charge is 2.16. The molecular formula is C19H16ClN5O3. The van der Waals surface area contributed by atoms with Gasteiger partial charge in [-0.25, -0.2) is 4.98 Å². The van der Waals surface area contributed by atoms with Gasteiger partial charge in [0.25, 0.3) is 5.91 Å². The molecule has 142 valence electrons. The van der Waals surface area contributed by atoms with Gasteiger partial charge in [-0.1, -0.05) is 16.8 Å². The van der Waals surface area contributed by atoms with E-state index in [0.29, 0.717) is 45.9 Å². The van der Waals surface area contributed by atoms with E-state index in [1.807, 2.05) is 12.1 Å². The number of benzene rings is 1. The van der Waals surface area contributed by atoms with Crippen LogP contribution >= 0.6 is 11.6 Å². The van der Waals surface area contributed by atoms with Gasteiger partial charge in [0.2, 0.25) is 11.7 Å². The quantitative estimate of drug-likeness (QED) is 0.551. The monoisotopic (exact) mass is 397 g/mol. The Kier molecular flexibility index (Phi) is 4.81. The van der Waals surface area contributed by atoms with Crippen LogP contribution in [0, 0.1) is 6.92 Å². The van der Waals surface area contributed by atoms with Crippen molar-refractivity contribution >= 4 is 28.8 Å². The highest BCUT2D eigenvalue weighted by molar-refractivity contribution is 6.34. The number of nitrogens with one attached hydrogen (secondary N) is 1. The Hall–Kier alpha value is -3.23. The van der Waals surface area contributed by atoms with E-state index in [-0.39, 0.29) is 5.91 Å². The van der Waals surface area contributed by atoms with Crippen molar-refractivity contribution in [2.24, 2.45) is 0 Å². The van der Waals surface area contributed by atoms with Gasteiger partial charge in [0.15, 0.2) is 0 Å². The number of ether oxygens (including phenoxy) is 1. The number of carbonyl (C=O) groups is 1. The molecule has 1 amide bonds. The number of halogens is 1. The van der Waals surface area contributed by atoms with Crippen LogP contribution in [0.2, 0.25) is 5.02 Å². The number of nitrogens with zero attached hydrogens (tertiary/aromatic N) is 4. The van der Waals surface area contributed by atoms with Gasteiger partial charge < -0.3 is 14.6 Å². The summed E-state index contributed by atoms with van der Waals surface area (Å²) in [5, 5.41) is 7.10. The van der Waals surface area contributed by atoms with Gasteiger partial charge in [-0.3, -0.25) is 9.20 Å². The molecule has 0 saturated carbocycles. The van der Waals surface area contributed by atoms with Crippen molar-refractivity contribution in [3.63, 3.8) is 0 Å². The lowest BCUT2D eigenvalue weighted by Crippen LogP contribution is -2.14. The summed E-state index contributed by atoms with van der Waals surface area (Å²) in [4.78, 5) is 21.3.